The molecule has 0 aliphatic heterocycles. The number of nitriles is 1. The second-order valence-electron chi connectivity index (χ2n) is 6.06. The Labute approximate surface area is 134 Å². The van der Waals surface area contributed by atoms with Gasteiger partial charge in [-0.05, 0) is 57.6 Å². The van der Waals surface area contributed by atoms with Crippen LogP contribution in [0, 0.1) is 18.3 Å². The van der Waals surface area contributed by atoms with E-state index in [1.165, 1.54) is 5.56 Å². The summed E-state index contributed by atoms with van der Waals surface area (Å²) in [5, 5.41) is 9.24. The normalized spacial score (nSPS) is 11.0. The Bertz CT molecular complexity index is 708. The molecule has 0 aromatic heterocycles. The number of benzene rings is 2. The number of aryl methyl sites for hydroxylation is 1. The molecular weight excluding hydrogens is 326 g/mol. The highest BCUT2D eigenvalue weighted by molar-refractivity contribution is 9.10. The fourth-order valence-corrected chi connectivity index (χ4v) is 2.48. The van der Waals surface area contributed by atoms with Gasteiger partial charge < -0.3 is 4.74 Å². The summed E-state index contributed by atoms with van der Waals surface area (Å²) in [6.07, 6.45) is 0. The van der Waals surface area contributed by atoms with Crippen LogP contribution < -0.4 is 4.74 Å². The molecule has 0 radical (unpaired) electrons. The number of hydrogen-bond acceptors (Lipinski definition) is 2. The molecule has 3 heteroatoms. The van der Waals surface area contributed by atoms with Crippen LogP contribution in [-0.2, 0) is 5.41 Å². The Morgan fingerprint density at radius 1 is 1.10 bits per heavy atom. The summed E-state index contributed by atoms with van der Waals surface area (Å²) in [5.74, 6) is 1.34. The first-order chi connectivity index (χ1) is 9.82. The highest BCUT2D eigenvalue weighted by atomic mass is 79.9. The van der Waals surface area contributed by atoms with E-state index in [1.807, 2.05) is 25.1 Å². The molecule has 0 fully saturated rings. The zero-order valence-electron chi connectivity index (χ0n) is 12.7. The van der Waals surface area contributed by atoms with Gasteiger partial charge in [-0.25, -0.2) is 0 Å². The summed E-state index contributed by atoms with van der Waals surface area (Å²) in [5.41, 5.74) is 2.95. The van der Waals surface area contributed by atoms with Crippen LogP contribution in [0.4, 0.5) is 0 Å². The first-order valence-electron chi connectivity index (χ1n) is 6.80. The van der Waals surface area contributed by atoms with Crippen molar-refractivity contribution in [3.8, 4) is 17.6 Å². The van der Waals surface area contributed by atoms with E-state index < -0.39 is 0 Å². The van der Waals surface area contributed by atoms with Gasteiger partial charge in [-0.2, -0.15) is 5.26 Å². The second kappa shape index (κ2) is 5.91. The number of halogens is 1. The predicted molar refractivity (Wildman–Crippen MR) is 88.8 cm³/mol. The van der Waals surface area contributed by atoms with Gasteiger partial charge in [-0.3, -0.25) is 0 Å². The zero-order chi connectivity index (χ0) is 15.6. The van der Waals surface area contributed by atoms with Crippen molar-refractivity contribution in [2.24, 2.45) is 0 Å². The van der Waals surface area contributed by atoms with E-state index in [0.29, 0.717) is 11.3 Å². The van der Waals surface area contributed by atoms with Crippen molar-refractivity contribution in [1.29, 1.82) is 5.26 Å². The lowest BCUT2D eigenvalue weighted by Gasteiger charge is -2.20. The first-order valence-corrected chi connectivity index (χ1v) is 7.60. The van der Waals surface area contributed by atoms with E-state index in [9.17, 15) is 5.26 Å². The van der Waals surface area contributed by atoms with Crippen molar-refractivity contribution < 1.29 is 4.74 Å². The molecular formula is C18H18BrNO. The molecule has 108 valence electrons. The molecule has 2 aromatic carbocycles. The van der Waals surface area contributed by atoms with E-state index >= 15 is 0 Å². The second-order valence-corrected chi connectivity index (χ2v) is 6.91. The largest absolute Gasteiger partial charge is 0.456 e. The Hall–Kier alpha value is -1.79. The van der Waals surface area contributed by atoms with E-state index in [0.717, 1.165) is 15.8 Å². The van der Waals surface area contributed by atoms with Crippen LogP contribution in [0.3, 0.4) is 0 Å². The Morgan fingerprint density at radius 2 is 1.81 bits per heavy atom. The van der Waals surface area contributed by atoms with Gasteiger partial charge in [0.15, 0.2) is 0 Å². The maximum atomic E-state index is 9.24. The van der Waals surface area contributed by atoms with Crippen LogP contribution in [-0.4, -0.2) is 0 Å². The molecule has 2 rings (SSSR count). The van der Waals surface area contributed by atoms with Gasteiger partial charge in [-0.15, -0.1) is 0 Å². The summed E-state index contributed by atoms with van der Waals surface area (Å²) in [6, 6.07) is 13.9. The lowest BCUT2D eigenvalue weighted by atomic mass is 9.86. The minimum atomic E-state index is 0.108. The van der Waals surface area contributed by atoms with E-state index in [-0.39, 0.29) is 5.41 Å². The van der Waals surface area contributed by atoms with Crippen LogP contribution in [0.15, 0.2) is 40.9 Å². The maximum absolute atomic E-state index is 9.24. The minimum absolute atomic E-state index is 0.108. The van der Waals surface area contributed by atoms with Crippen molar-refractivity contribution in [3.05, 3.63) is 57.6 Å². The molecule has 0 heterocycles. The summed E-state index contributed by atoms with van der Waals surface area (Å²) in [6.45, 7) is 8.58. The van der Waals surface area contributed by atoms with Crippen molar-refractivity contribution in [3.63, 3.8) is 0 Å². The molecule has 2 aromatic rings. The third-order valence-electron chi connectivity index (χ3n) is 3.35. The van der Waals surface area contributed by atoms with Gasteiger partial charge in [0.1, 0.15) is 23.1 Å². The molecule has 21 heavy (non-hydrogen) atoms. The lowest BCUT2D eigenvalue weighted by Crippen LogP contribution is -2.11. The van der Waals surface area contributed by atoms with Crippen LogP contribution >= 0.6 is 15.9 Å². The average molecular weight is 344 g/mol. The fraction of sp³-hybridized carbons (Fsp3) is 0.278. The highest BCUT2D eigenvalue weighted by Gasteiger charge is 2.15. The van der Waals surface area contributed by atoms with Crippen LogP contribution in [0.25, 0.3) is 0 Å². The maximum Gasteiger partial charge on any atom is 0.146 e. The summed E-state index contributed by atoms with van der Waals surface area (Å²) >= 11 is 3.37. The third kappa shape index (κ3) is 3.46. The Kier molecular flexibility index (Phi) is 4.39. The molecule has 0 atom stereocenters. The molecule has 0 unspecified atom stereocenters. The van der Waals surface area contributed by atoms with Crippen molar-refractivity contribution in [1.82, 2.24) is 0 Å². The molecule has 0 saturated heterocycles. The van der Waals surface area contributed by atoms with Crippen molar-refractivity contribution in [2.45, 2.75) is 33.1 Å². The standard InChI is InChI=1S/C18H18BrNO/c1-12-10-13(18(2,3)4)8-9-16(12)21-17-7-5-6-15(19)14(17)11-20/h5-10H,1-4H3. The molecule has 0 bridgehead atoms. The van der Waals surface area contributed by atoms with Crippen LogP contribution in [0.2, 0.25) is 0 Å². The number of rotatable bonds is 2. The van der Waals surface area contributed by atoms with E-state index in [2.05, 4.69) is 54.9 Å². The number of ether oxygens (including phenoxy) is 1. The Balaban J connectivity index is 2.38. The molecule has 2 nitrogen and oxygen atoms in total. The molecule has 0 amide bonds. The predicted octanol–water partition coefficient (Wildman–Crippen LogP) is 5.72. The van der Waals surface area contributed by atoms with E-state index in [1.54, 1.807) is 6.07 Å². The van der Waals surface area contributed by atoms with Gasteiger partial charge in [-0.1, -0.05) is 39.0 Å². The summed E-state index contributed by atoms with van der Waals surface area (Å²) in [7, 11) is 0. The van der Waals surface area contributed by atoms with Gasteiger partial charge in [0.05, 0.1) is 0 Å². The summed E-state index contributed by atoms with van der Waals surface area (Å²) in [4.78, 5) is 0. The fourth-order valence-electron chi connectivity index (χ4n) is 2.05. The SMILES string of the molecule is Cc1cc(C(C)(C)C)ccc1Oc1cccc(Br)c1C#N. The number of hydrogen-bond donors (Lipinski definition) is 0. The summed E-state index contributed by atoms with van der Waals surface area (Å²) < 4.78 is 6.67. The molecule has 0 N–H and O–H groups in total. The third-order valence-corrected chi connectivity index (χ3v) is 4.01. The zero-order valence-corrected chi connectivity index (χ0v) is 14.3. The van der Waals surface area contributed by atoms with Gasteiger partial charge in [0.25, 0.3) is 0 Å². The highest BCUT2D eigenvalue weighted by Crippen LogP contribution is 2.33. The van der Waals surface area contributed by atoms with Crippen LogP contribution in [0.1, 0.15) is 37.5 Å². The van der Waals surface area contributed by atoms with E-state index in [4.69, 9.17) is 4.74 Å². The number of nitrogens with zero attached hydrogens (tertiary/aromatic N) is 1. The minimum Gasteiger partial charge on any atom is -0.456 e. The first kappa shape index (κ1) is 15.6. The molecule has 0 aliphatic carbocycles. The van der Waals surface area contributed by atoms with Gasteiger partial charge in [0, 0.05) is 4.47 Å². The average Bonchev–Trinajstić information content (AvgIpc) is 2.40. The smallest absolute Gasteiger partial charge is 0.146 e. The van der Waals surface area contributed by atoms with Gasteiger partial charge in [0.2, 0.25) is 0 Å². The van der Waals surface area contributed by atoms with Crippen molar-refractivity contribution >= 4 is 15.9 Å². The molecule has 0 aliphatic rings. The molecule has 0 spiro atoms. The van der Waals surface area contributed by atoms with Gasteiger partial charge >= 0.3 is 0 Å². The quantitative estimate of drug-likeness (QED) is 0.698. The monoisotopic (exact) mass is 343 g/mol. The lowest BCUT2D eigenvalue weighted by molar-refractivity contribution is 0.475. The van der Waals surface area contributed by atoms with Crippen molar-refractivity contribution in [2.75, 3.05) is 0 Å². The van der Waals surface area contributed by atoms with Crippen LogP contribution in [0.5, 0.6) is 11.5 Å². The topological polar surface area (TPSA) is 33.0 Å². The Morgan fingerprint density at radius 3 is 2.38 bits per heavy atom. The molecule has 0 saturated carbocycles.